The van der Waals surface area contributed by atoms with Gasteiger partial charge < -0.3 is 10.5 Å². The number of ketones is 2. The van der Waals surface area contributed by atoms with Crippen LogP contribution < -0.4 is 10.5 Å². The van der Waals surface area contributed by atoms with E-state index in [9.17, 15) is 9.59 Å². The Morgan fingerprint density at radius 1 is 1.30 bits per heavy atom. The molecule has 1 rings (SSSR count). The van der Waals surface area contributed by atoms with Crippen LogP contribution >= 0.6 is 0 Å². The Balaban J connectivity index is 2.62. The number of carbonyl (C=O) groups excluding carboxylic acids is 2. The van der Waals surface area contributed by atoms with E-state index >= 15 is 0 Å². The minimum absolute atomic E-state index is 0.0291. The van der Waals surface area contributed by atoms with Crippen molar-refractivity contribution >= 4 is 11.6 Å². The highest BCUT2D eigenvalue weighted by atomic mass is 16.5. The number of benzene rings is 1. The van der Waals surface area contributed by atoms with Crippen molar-refractivity contribution in [3.8, 4) is 5.75 Å². The number of rotatable bonds is 10. The summed E-state index contributed by atoms with van der Waals surface area (Å²) in [5.41, 5.74) is 7.01. The average molecular weight is 317 g/mol. The van der Waals surface area contributed by atoms with Crippen LogP contribution in [0.3, 0.4) is 0 Å². The van der Waals surface area contributed by atoms with E-state index in [1.807, 2.05) is 25.1 Å². The second-order valence-electron chi connectivity index (χ2n) is 5.79. The van der Waals surface area contributed by atoms with Crippen LogP contribution in [0.15, 0.2) is 30.4 Å². The molecule has 23 heavy (non-hydrogen) atoms. The van der Waals surface area contributed by atoms with Crippen LogP contribution in [0.1, 0.15) is 49.0 Å². The van der Waals surface area contributed by atoms with Crippen LogP contribution in [0.25, 0.3) is 0 Å². The van der Waals surface area contributed by atoms with E-state index in [0.29, 0.717) is 24.3 Å². The molecule has 126 valence electrons. The number of hydrogen-bond donors (Lipinski definition) is 1. The van der Waals surface area contributed by atoms with Gasteiger partial charge in [0.2, 0.25) is 0 Å². The molecule has 1 aromatic rings. The molecule has 4 nitrogen and oxygen atoms in total. The molecule has 0 aliphatic heterocycles. The van der Waals surface area contributed by atoms with Gasteiger partial charge in [-0.3, -0.25) is 9.59 Å². The number of Topliss-reactive ketones (excluding diaryl/α,β-unsaturated/α-hetero) is 1. The Kier molecular flexibility index (Phi) is 8.27. The number of nitrogens with two attached hydrogens (primary N) is 1. The molecule has 0 aliphatic rings. The van der Waals surface area contributed by atoms with Crippen molar-refractivity contribution in [2.75, 3.05) is 13.7 Å². The maximum Gasteiger partial charge on any atom is 0.163 e. The number of unbranched alkanes of at least 4 members (excludes halogenated alkanes) is 1. The number of hydrogen-bond acceptors (Lipinski definition) is 4. The van der Waals surface area contributed by atoms with Gasteiger partial charge in [-0.15, -0.1) is 0 Å². The van der Waals surface area contributed by atoms with Crippen molar-refractivity contribution in [2.45, 2.75) is 39.5 Å². The fraction of sp³-hybridized carbons (Fsp3) is 0.474. The first-order valence-corrected chi connectivity index (χ1v) is 8.07. The van der Waals surface area contributed by atoms with Gasteiger partial charge in [0.1, 0.15) is 5.75 Å². The SMILES string of the molecule is COc1ccc(C/C=C/C(=O)[C@@H](C)CCCCN)cc1C(C)=O. The third-order valence-corrected chi connectivity index (χ3v) is 3.86. The molecule has 0 aromatic heterocycles. The van der Waals surface area contributed by atoms with Gasteiger partial charge in [0.15, 0.2) is 11.6 Å². The van der Waals surface area contributed by atoms with Gasteiger partial charge in [-0.25, -0.2) is 0 Å². The summed E-state index contributed by atoms with van der Waals surface area (Å²) in [7, 11) is 1.55. The first kappa shape index (κ1) is 19.1. The standard InChI is InChI=1S/C19H27NO3/c1-14(7-4-5-12-20)18(22)9-6-8-16-10-11-19(23-3)17(13-16)15(2)21/h6,9-11,13-14H,4-5,7-8,12,20H2,1-3H3/b9-6+/t14-/m0/s1. The fourth-order valence-electron chi connectivity index (χ4n) is 2.37. The van der Waals surface area contributed by atoms with Crippen molar-refractivity contribution in [3.63, 3.8) is 0 Å². The van der Waals surface area contributed by atoms with Crippen molar-refractivity contribution < 1.29 is 14.3 Å². The van der Waals surface area contributed by atoms with E-state index in [1.165, 1.54) is 6.92 Å². The smallest absolute Gasteiger partial charge is 0.163 e. The first-order valence-electron chi connectivity index (χ1n) is 8.07. The molecule has 2 N–H and O–H groups in total. The zero-order valence-corrected chi connectivity index (χ0v) is 14.3. The second-order valence-corrected chi connectivity index (χ2v) is 5.79. The summed E-state index contributed by atoms with van der Waals surface area (Å²) in [6.07, 6.45) is 6.93. The second kappa shape index (κ2) is 9.95. The fourth-order valence-corrected chi connectivity index (χ4v) is 2.37. The number of methoxy groups -OCH3 is 1. The lowest BCUT2D eigenvalue weighted by Crippen LogP contribution is -2.09. The van der Waals surface area contributed by atoms with Gasteiger partial charge in [-0.2, -0.15) is 0 Å². The van der Waals surface area contributed by atoms with Crippen LogP contribution in [-0.4, -0.2) is 25.2 Å². The lowest BCUT2D eigenvalue weighted by atomic mass is 9.98. The Morgan fingerprint density at radius 3 is 2.65 bits per heavy atom. The Hall–Kier alpha value is -1.94. The Bertz CT molecular complexity index is 564. The maximum absolute atomic E-state index is 12.0. The predicted octanol–water partition coefficient (Wildman–Crippen LogP) is 3.33. The third-order valence-electron chi connectivity index (χ3n) is 3.86. The van der Waals surface area contributed by atoms with Crippen molar-refractivity contribution in [1.29, 1.82) is 0 Å². The quantitative estimate of drug-likeness (QED) is 0.408. The van der Waals surface area contributed by atoms with Crippen LogP contribution in [0, 0.1) is 5.92 Å². The monoisotopic (exact) mass is 317 g/mol. The largest absolute Gasteiger partial charge is 0.496 e. The zero-order valence-electron chi connectivity index (χ0n) is 14.3. The molecule has 0 bridgehead atoms. The van der Waals surface area contributed by atoms with Gasteiger partial charge in [-0.05, 0) is 56.5 Å². The molecule has 0 saturated carbocycles. The molecule has 0 radical (unpaired) electrons. The summed E-state index contributed by atoms with van der Waals surface area (Å²) in [5.74, 6) is 0.718. The summed E-state index contributed by atoms with van der Waals surface area (Å²) in [6.45, 7) is 4.14. The highest BCUT2D eigenvalue weighted by Crippen LogP contribution is 2.21. The molecular formula is C19H27NO3. The van der Waals surface area contributed by atoms with Crippen LogP contribution in [-0.2, 0) is 11.2 Å². The molecule has 0 unspecified atom stereocenters. The summed E-state index contributed by atoms with van der Waals surface area (Å²) >= 11 is 0. The number of carbonyl (C=O) groups is 2. The van der Waals surface area contributed by atoms with Crippen molar-refractivity contribution in [2.24, 2.45) is 11.7 Å². The van der Waals surface area contributed by atoms with Gasteiger partial charge in [0, 0.05) is 5.92 Å². The molecular weight excluding hydrogens is 290 g/mol. The molecule has 0 heterocycles. The molecule has 0 spiro atoms. The summed E-state index contributed by atoms with van der Waals surface area (Å²) in [6, 6.07) is 5.52. The van der Waals surface area contributed by atoms with Gasteiger partial charge in [0.05, 0.1) is 12.7 Å². The van der Waals surface area contributed by atoms with E-state index < -0.39 is 0 Å². The molecule has 0 aliphatic carbocycles. The Morgan fingerprint density at radius 2 is 2.04 bits per heavy atom. The highest BCUT2D eigenvalue weighted by Gasteiger charge is 2.10. The van der Waals surface area contributed by atoms with Gasteiger partial charge in [0.25, 0.3) is 0 Å². The normalized spacial score (nSPS) is 12.3. The number of ether oxygens (including phenoxy) is 1. The lowest BCUT2D eigenvalue weighted by Gasteiger charge is -2.08. The molecule has 1 atom stereocenters. The van der Waals surface area contributed by atoms with Crippen LogP contribution in [0.2, 0.25) is 0 Å². The summed E-state index contributed by atoms with van der Waals surface area (Å²) < 4.78 is 5.18. The van der Waals surface area contributed by atoms with E-state index in [2.05, 4.69) is 0 Å². The lowest BCUT2D eigenvalue weighted by molar-refractivity contribution is -0.117. The van der Waals surface area contributed by atoms with Crippen molar-refractivity contribution in [1.82, 2.24) is 0 Å². The van der Waals surface area contributed by atoms with Gasteiger partial charge in [-0.1, -0.05) is 25.5 Å². The molecule has 0 amide bonds. The van der Waals surface area contributed by atoms with E-state index in [4.69, 9.17) is 10.5 Å². The molecule has 4 heteroatoms. The summed E-state index contributed by atoms with van der Waals surface area (Å²) in [5, 5.41) is 0. The number of allylic oxidation sites excluding steroid dienone is 2. The minimum Gasteiger partial charge on any atom is -0.496 e. The topological polar surface area (TPSA) is 69.4 Å². The van der Waals surface area contributed by atoms with Gasteiger partial charge >= 0.3 is 0 Å². The summed E-state index contributed by atoms with van der Waals surface area (Å²) in [4.78, 5) is 23.6. The van der Waals surface area contributed by atoms with E-state index in [-0.39, 0.29) is 17.5 Å². The van der Waals surface area contributed by atoms with Crippen molar-refractivity contribution in [3.05, 3.63) is 41.5 Å². The van der Waals surface area contributed by atoms with E-state index in [0.717, 1.165) is 24.8 Å². The van der Waals surface area contributed by atoms with Crippen LogP contribution in [0.5, 0.6) is 5.75 Å². The molecule has 0 saturated heterocycles. The minimum atomic E-state index is -0.0303. The third kappa shape index (κ3) is 6.37. The zero-order chi connectivity index (χ0) is 17.2. The van der Waals surface area contributed by atoms with Crippen LogP contribution in [0.4, 0.5) is 0 Å². The molecule has 0 fully saturated rings. The maximum atomic E-state index is 12.0. The van der Waals surface area contributed by atoms with E-state index in [1.54, 1.807) is 19.3 Å². The predicted molar refractivity (Wildman–Crippen MR) is 92.9 cm³/mol. The first-order chi connectivity index (χ1) is 11.0. The average Bonchev–Trinajstić information content (AvgIpc) is 2.54. The Labute approximate surface area is 138 Å². The highest BCUT2D eigenvalue weighted by molar-refractivity contribution is 5.97. The molecule has 1 aromatic carbocycles.